The van der Waals surface area contributed by atoms with Crippen LogP contribution in [0.4, 0.5) is 0 Å². The second kappa shape index (κ2) is 8.15. The number of nitrogens with two attached hydrogens (primary N) is 1. The molecular formula is C14H29N3O2. The standard InChI is InChI=1S/C14H29N3O2/c1-6-7-16-12(18)10-17(5)13(19)11(9-15)8-14(2,3)4/h11H,6-10,15H2,1-5H3,(H,16,18). The van der Waals surface area contributed by atoms with Crippen LogP contribution in [-0.4, -0.2) is 43.4 Å². The maximum absolute atomic E-state index is 12.2. The van der Waals surface area contributed by atoms with Gasteiger partial charge in [0.2, 0.25) is 11.8 Å². The molecule has 0 rings (SSSR count). The highest BCUT2D eigenvalue weighted by Gasteiger charge is 2.26. The number of carbonyl (C=O) groups is 2. The third kappa shape index (κ3) is 7.82. The van der Waals surface area contributed by atoms with E-state index >= 15 is 0 Å². The van der Waals surface area contributed by atoms with Gasteiger partial charge < -0.3 is 16.0 Å². The summed E-state index contributed by atoms with van der Waals surface area (Å²) in [7, 11) is 1.65. The Balaban J connectivity index is 4.40. The van der Waals surface area contributed by atoms with Gasteiger partial charge in [-0.2, -0.15) is 0 Å². The van der Waals surface area contributed by atoms with Crippen LogP contribution in [0.5, 0.6) is 0 Å². The van der Waals surface area contributed by atoms with Crippen LogP contribution >= 0.6 is 0 Å². The third-order valence-electron chi connectivity index (χ3n) is 2.82. The molecule has 112 valence electrons. The largest absolute Gasteiger partial charge is 0.355 e. The van der Waals surface area contributed by atoms with Gasteiger partial charge in [0.25, 0.3) is 0 Å². The van der Waals surface area contributed by atoms with E-state index in [0.717, 1.165) is 12.8 Å². The Morgan fingerprint density at radius 2 is 1.89 bits per heavy atom. The van der Waals surface area contributed by atoms with E-state index in [0.29, 0.717) is 13.1 Å². The SMILES string of the molecule is CCCNC(=O)CN(C)C(=O)C(CN)CC(C)(C)C. The first kappa shape index (κ1) is 17.9. The highest BCUT2D eigenvalue weighted by atomic mass is 16.2. The average molecular weight is 271 g/mol. The van der Waals surface area contributed by atoms with Crippen molar-refractivity contribution in [1.82, 2.24) is 10.2 Å². The molecule has 0 radical (unpaired) electrons. The van der Waals surface area contributed by atoms with Crippen LogP contribution in [0, 0.1) is 11.3 Å². The molecule has 0 saturated carbocycles. The van der Waals surface area contributed by atoms with Crippen molar-refractivity contribution in [2.75, 3.05) is 26.7 Å². The summed E-state index contributed by atoms with van der Waals surface area (Å²) in [5.74, 6) is -0.391. The van der Waals surface area contributed by atoms with E-state index in [1.54, 1.807) is 7.05 Å². The van der Waals surface area contributed by atoms with Crippen LogP contribution < -0.4 is 11.1 Å². The zero-order valence-corrected chi connectivity index (χ0v) is 13.0. The Kier molecular flexibility index (Phi) is 7.68. The van der Waals surface area contributed by atoms with Gasteiger partial charge in [0.05, 0.1) is 12.5 Å². The highest BCUT2D eigenvalue weighted by Crippen LogP contribution is 2.24. The summed E-state index contributed by atoms with van der Waals surface area (Å²) in [6, 6.07) is 0. The summed E-state index contributed by atoms with van der Waals surface area (Å²) in [5, 5.41) is 2.76. The number of nitrogens with zero attached hydrogens (tertiary/aromatic N) is 1. The molecule has 2 amide bonds. The van der Waals surface area contributed by atoms with Gasteiger partial charge in [-0.15, -0.1) is 0 Å². The molecule has 0 aliphatic heterocycles. The zero-order chi connectivity index (χ0) is 15.1. The molecule has 0 aromatic carbocycles. The third-order valence-corrected chi connectivity index (χ3v) is 2.82. The summed E-state index contributed by atoms with van der Waals surface area (Å²) >= 11 is 0. The maximum atomic E-state index is 12.2. The topological polar surface area (TPSA) is 75.4 Å². The molecule has 1 unspecified atom stereocenters. The Bertz CT molecular complexity index is 298. The van der Waals surface area contributed by atoms with E-state index in [1.807, 2.05) is 6.92 Å². The second-order valence-electron chi connectivity index (χ2n) is 6.24. The van der Waals surface area contributed by atoms with Crippen molar-refractivity contribution in [2.24, 2.45) is 17.1 Å². The molecule has 0 aliphatic carbocycles. The van der Waals surface area contributed by atoms with Crippen molar-refractivity contribution in [2.45, 2.75) is 40.5 Å². The van der Waals surface area contributed by atoms with Gasteiger partial charge in [0.15, 0.2) is 0 Å². The van der Waals surface area contributed by atoms with E-state index in [9.17, 15) is 9.59 Å². The molecule has 0 fully saturated rings. The molecule has 0 spiro atoms. The lowest BCUT2D eigenvalue weighted by Gasteiger charge is -2.27. The van der Waals surface area contributed by atoms with Gasteiger partial charge in [-0.25, -0.2) is 0 Å². The lowest BCUT2D eigenvalue weighted by molar-refractivity contribution is -0.138. The zero-order valence-electron chi connectivity index (χ0n) is 13.0. The van der Waals surface area contributed by atoms with Crippen LogP contribution in [-0.2, 0) is 9.59 Å². The molecule has 0 heterocycles. The molecule has 0 aliphatic rings. The Labute approximate surface area is 116 Å². The predicted molar refractivity (Wildman–Crippen MR) is 77.6 cm³/mol. The summed E-state index contributed by atoms with van der Waals surface area (Å²) in [6.07, 6.45) is 1.61. The quantitative estimate of drug-likeness (QED) is 0.725. The number of rotatable bonds is 7. The fourth-order valence-corrected chi connectivity index (χ4v) is 1.94. The maximum Gasteiger partial charge on any atom is 0.239 e. The minimum atomic E-state index is -0.219. The summed E-state index contributed by atoms with van der Waals surface area (Å²) in [5.41, 5.74) is 5.73. The van der Waals surface area contributed by atoms with Gasteiger partial charge in [-0.1, -0.05) is 27.7 Å². The van der Waals surface area contributed by atoms with Crippen molar-refractivity contribution >= 4 is 11.8 Å². The molecule has 3 N–H and O–H groups in total. The molecular weight excluding hydrogens is 242 g/mol. The Morgan fingerprint density at radius 3 is 2.32 bits per heavy atom. The van der Waals surface area contributed by atoms with E-state index in [-0.39, 0.29) is 29.7 Å². The van der Waals surface area contributed by atoms with Crippen LogP contribution in [0.2, 0.25) is 0 Å². The van der Waals surface area contributed by atoms with E-state index < -0.39 is 0 Å². The Hall–Kier alpha value is -1.10. The summed E-state index contributed by atoms with van der Waals surface area (Å²) < 4.78 is 0. The van der Waals surface area contributed by atoms with Crippen molar-refractivity contribution in [3.63, 3.8) is 0 Å². The van der Waals surface area contributed by atoms with Crippen LogP contribution in [0.15, 0.2) is 0 Å². The summed E-state index contributed by atoms with van der Waals surface area (Å²) in [4.78, 5) is 25.3. The second-order valence-corrected chi connectivity index (χ2v) is 6.24. The molecule has 0 aromatic heterocycles. The molecule has 0 saturated heterocycles. The fraction of sp³-hybridized carbons (Fsp3) is 0.857. The first-order valence-electron chi connectivity index (χ1n) is 6.93. The van der Waals surface area contributed by atoms with Crippen LogP contribution in [0.25, 0.3) is 0 Å². The molecule has 19 heavy (non-hydrogen) atoms. The van der Waals surface area contributed by atoms with Gasteiger partial charge in [-0.3, -0.25) is 9.59 Å². The van der Waals surface area contributed by atoms with Gasteiger partial charge in [0, 0.05) is 20.1 Å². The molecule has 5 heteroatoms. The van der Waals surface area contributed by atoms with Crippen molar-refractivity contribution in [1.29, 1.82) is 0 Å². The molecule has 5 nitrogen and oxygen atoms in total. The molecule has 1 atom stereocenters. The first-order chi connectivity index (χ1) is 8.71. The number of hydrogen-bond acceptors (Lipinski definition) is 3. The van der Waals surface area contributed by atoms with E-state index in [2.05, 4.69) is 26.1 Å². The summed E-state index contributed by atoms with van der Waals surface area (Å²) in [6.45, 7) is 9.29. The van der Waals surface area contributed by atoms with Crippen LogP contribution in [0.1, 0.15) is 40.5 Å². The monoisotopic (exact) mass is 271 g/mol. The minimum Gasteiger partial charge on any atom is -0.355 e. The number of carbonyl (C=O) groups excluding carboxylic acids is 2. The number of hydrogen-bond donors (Lipinski definition) is 2. The normalized spacial score (nSPS) is 12.9. The van der Waals surface area contributed by atoms with Crippen LogP contribution in [0.3, 0.4) is 0 Å². The highest BCUT2D eigenvalue weighted by molar-refractivity contribution is 5.85. The smallest absolute Gasteiger partial charge is 0.239 e. The lowest BCUT2D eigenvalue weighted by Crippen LogP contribution is -2.43. The fourth-order valence-electron chi connectivity index (χ4n) is 1.94. The minimum absolute atomic E-state index is 0.0466. The molecule has 0 aromatic rings. The van der Waals surface area contributed by atoms with Gasteiger partial charge in [0.1, 0.15) is 0 Å². The van der Waals surface area contributed by atoms with Gasteiger partial charge in [-0.05, 0) is 18.3 Å². The van der Waals surface area contributed by atoms with Crippen molar-refractivity contribution in [3.05, 3.63) is 0 Å². The number of likely N-dealkylation sites (N-methyl/N-ethyl adjacent to an activating group) is 1. The lowest BCUT2D eigenvalue weighted by atomic mass is 9.84. The first-order valence-corrected chi connectivity index (χ1v) is 6.93. The van der Waals surface area contributed by atoms with E-state index in [4.69, 9.17) is 5.73 Å². The average Bonchev–Trinajstić information content (AvgIpc) is 2.31. The van der Waals surface area contributed by atoms with E-state index in [1.165, 1.54) is 4.90 Å². The van der Waals surface area contributed by atoms with Gasteiger partial charge >= 0.3 is 0 Å². The molecule has 0 bridgehead atoms. The Morgan fingerprint density at radius 1 is 1.32 bits per heavy atom. The van der Waals surface area contributed by atoms with Crippen molar-refractivity contribution < 1.29 is 9.59 Å². The number of amides is 2. The van der Waals surface area contributed by atoms with Crippen molar-refractivity contribution in [3.8, 4) is 0 Å². The number of nitrogens with one attached hydrogen (secondary N) is 1. The predicted octanol–water partition coefficient (Wildman–Crippen LogP) is 0.982.